The third-order valence-electron chi connectivity index (χ3n) is 3.50. The first-order valence-corrected chi connectivity index (χ1v) is 8.64. The zero-order chi connectivity index (χ0) is 17.8. The van der Waals surface area contributed by atoms with Crippen LogP contribution in [0.1, 0.15) is 13.8 Å². The number of hydrogen-bond acceptors (Lipinski definition) is 5. The fraction of sp³-hybridized carbons (Fsp3) is 0.222. The fourth-order valence-electron chi connectivity index (χ4n) is 2.30. The van der Waals surface area contributed by atoms with E-state index in [-0.39, 0.29) is 23.9 Å². The van der Waals surface area contributed by atoms with Gasteiger partial charge in [-0.05, 0) is 43.3 Å². The van der Waals surface area contributed by atoms with Gasteiger partial charge >= 0.3 is 0 Å². The van der Waals surface area contributed by atoms with E-state index in [4.69, 9.17) is 9.47 Å². The van der Waals surface area contributed by atoms with Crippen molar-refractivity contribution in [2.24, 2.45) is 0 Å². The molecule has 3 rings (SSSR count). The molecular formula is C18H18N2O4S. The van der Waals surface area contributed by atoms with Crippen molar-refractivity contribution in [3.05, 3.63) is 42.5 Å². The third kappa shape index (κ3) is 4.45. The normalized spacial score (nSPS) is 13.2. The Labute approximate surface area is 149 Å². The van der Waals surface area contributed by atoms with Crippen molar-refractivity contribution < 1.29 is 19.1 Å². The molecule has 2 aromatic carbocycles. The molecule has 1 aliphatic rings. The molecule has 0 fully saturated rings. The number of carbonyl (C=O) groups excluding carboxylic acids is 2. The second-order valence-corrected chi connectivity index (χ2v) is 6.94. The highest BCUT2D eigenvalue weighted by Gasteiger charge is 2.17. The van der Waals surface area contributed by atoms with Crippen LogP contribution in [0.5, 0.6) is 11.5 Å². The molecule has 0 aliphatic carbocycles. The van der Waals surface area contributed by atoms with E-state index in [0.29, 0.717) is 17.2 Å². The summed E-state index contributed by atoms with van der Waals surface area (Å²) in [6.45, 7) is 3.51. The standard InChI is InChI=1S/C18H18N2O4S/c1-11(25-15-6-3-13(4-7-15)19-12(2)21)18(22)20-14-5-8-16-17(9-14)24-10-23-16/h3-9,11H,10H2,1-2H3,(H,19,21)(H,20,22)/t11-/m0/s1. The van der Waals surface area contributed by atoms with Crippen molar-refractivity contribution in [1.29, 1.82) is 0 Å². The van der Waals surface area contributed by atoms with E-state index in [0.717, 1.165) is 10.6 Å². The highest BCUT2D eigenvalue weighted by molar-refractivity contribution is 8.00. The number of hydrogen-bond donors (Lipinski definition) is 2. The highest BCUT2D eigenvalue weighted by Crippen LogP contribution is 2.34. The monoisotopic (exact) mass is 358 g/mol. The molecule has 1 aliphatic heterocycles. The molecule has 2 amide bonds. The van der Waals surface area contributed by atoms with Gasteiger partial charge in [-0.15, -0.1) is 11.8 Å². The predicted molar refractivity (Wildman–Crippen MR) is 97.3 cm³/mol. The van der Waals surface area contributed by atoms with Crippen molar-refractivity contribution in [2.75, 3.05) is 17.4 Å². The Kier molecular flexibility index (Phi) is 5.14. The molecule has 0 bridgehead atoms. The summed E-state index contributed by atoms with van der Waals surface area (Å²) in [4.78, 5) is 24.3. The van der Waals surface area contributed by atoms with Gasteiger partial charge in [-0.1, -0.05) is 0 Å². The minimum absolute atomic E-state index is 0.102. The maximum Gasteiger partial charge on any atom is 0.237 e. The summed E-state index contributed by atoms with van der Waals surface area (Å²) in [6, 6.07) is 12.7. The van der Waals surface area contributed by atoms with E-state index < -0.39 is 0 Å². The summed E-state index contributed by atoms with van der Waals surface area (Å²) in [6.07, 6.45) is 0. The van der Waals surface area contributed by atoms with Crippen LogP contribution in [0.3, 0.4) is 0 Å². The number of benzene rings is 2. The molecule has 2 N–H and O–H groups in total. The average molecular weight is 358 g/mol. The summed E-state index contributed by atoms with van der Waals surface area (Å²) < 4.78 is 10.6. The van der Waals surface area contributed by atoms with Gasteiger partial charge < -0.3 is 20.1 Å². The fourth-order valence-corrected chi connectivity index (χ4v) is 3.16. The molecule has 0 saturated carbocycles. The largest absolute Gasteiger partial charge is 0.454 e. The average Bonchev–Trinajstić information content (AvgIpc) is 3.03. The Morgan fingerprint density at radius 2 is 1.68 bits per heavy atom. The van der Waals surface area contributed by atoms with E-state index in [9.17, 15) is 9.59 Å². The van der Waals surface area contributed by atoms with E-state index in [1.807, 2.05) is 31.2 Å². The van der Waals surface area contributed by atoms with E-state index in [1.54, 1.807) is 18.2 Å². The Hall–Kier alpha value is -2.67. The molecule has 0 radical (unpaired) electrons. The van der Waals surface area contributed by atoms with Gasteiger partial charge in [0.1, 0.15) is 0 Å². The summed E-state index contributed by atoms with van der Waals surface area (Å²) in [7, 11) is 0. The molecule has 7 heteroatoms. The molecule has 0 unspecified atom stereocenters. The van der Waals surface area contributed by atoms with Crippen LogP contribution in [0.2, 0.25) is 0 Å². The molecular weight excluding hydrogens is 340 g/mol. The number of nitrogens with one attached hydrogen (secondary N) is 2. The minimum atomic E-state index is -0.281. The number of amides is 2. The van der Waals surface area contributed by atoms with Crippen LogP contribution < -0.4 is 20.1 Å². The first-order valence-electron chi connectivity index (χ1n) is 7.76. The lowest BCUT2D eigenvalue weighted by Crippen LogP contribution is -2.22. The zero-order valence-corrected chi connectivity index (χ0v) is 14.7. The van der Waals surface area contributed by atoms with Crippen molar-refractivity contribution in [1.82, 2.24) is 0 Å². The second-order valence-electron chi connectivity index (χ2n) is 5.52. The quantitative estimate of drug-likeness (QED) is 0.800. The lowest BCUT2D eigenvalue weighted by Gasteiger charge is -2.13. The van der Waals surface area contributed by atoms with Crippen LogP contribution in [0.4, 0.5) is 11.4 Å². The van der Waals surface area contributed by atoms with Gasteiger partial charge in [-0.25, -0.2) is 0 Å². The van der Waals surface area contributed by atoms with Gasteiger partial charge in [-0.3, -0.25) is 9.59 Å². The molecule has 0 spiro atoms. The molecule has 1 heterocycles. The minimum Gasteiger partial charge on any atom is -0.454 e. The van der Waals surface area contributed by atoms with Crippen molar-refractivity contribution in [3.8, 4) is 11.5 Å². The number of ether oxygens (including phenoxy) is 2. The highest BCUT2D eigenvalue weighted by atomic mass is 32.2. The van der Waals surface area contributed by atoms with Crippen molar-refractivity contribution in [3.63, 3.8) is 0 Å². The maximum atomic E-state index is 12.4. The predicted octanol–water partition coefficient (Wildman–Crippen LogP) is 3.49. The van der Waals surface area contributed by atoms with Crippen LogP contribution in [-0.4, -0.2) is 23.9 Å². The molecule has 0 saturated heterocycles. The van der Waals surface area contributed by atoms with E-state index in [2.05, 4.69) is 10.6 Å². The van der Waals surface area contributed by atoms with Gasteiger partial charge in [0, 0.05) is 29.3 Å². The molecule has 1 atom stereocenters. The summed E-state index contributed by atoms with van der Waals surface area (Å²) >= 11 is 1.44. The van der Waals surface area contributed by atoms with Gasteiger partial charge in [0.05, 0.1) is 5.25 Å². The van der Waals surface area contributed by atoms with Crippen molar-refractivity contribution >= 4 is 35.0 Å². The lowest BCUT2D eigenvalue weighted by atomic mass is 10.2. The molecule has 0 aromatic heterocycles. The van der Waals surface area contributed by atoms with Crippen molar-refractivity contribution in [2.45, 2.75) is 24.0 Å². The number of fused-ring (bicyclic) bond motifs is 1. The topological polar surface area (TPSA) is 76.7 Å². The molecule has 130 valence electrons. The van der Waals surface area contributed by atoms with Crippen LogP contribution >= 0.6 is 11.8 Å². The first kappa shape index (κ1) is 17.2. The molecule has 2 aromatic rings. The van der Waals surface area contributed by atoms with Gasteiger partial charge in [0.15, 0.2) is 11.5 Å². The summed E-state index contributed by atoms with van der Waals surface area (Å²) in [5.74, 6) is 1.10. The SMILES string of the molecule is CC(=O)Nc1ccc(S[C@@H](C)C(=O)Nc2ccc3c(c2)OCO3)cc1. The smallest absolute Gasteiger partial charge is 0.237 e. The van der Waals surface area contributed by atoms with Crippen LogP contribution in [0, 0.1) is 0 Å². The first-order chi connectivity index (χ1) is 12.0. The maximum absolute atomic E-state index is 12.4. The van der Waals surface area contributed by atoms with Gasteiger partial charge in [0.25, 0.3) is 0 Å². The number of thioether (sulfide) groups is 1. The van der Waals surface area contributed by atoms with Gasteiger partial charge in [-0.2, -0.15) is 0 Å². The lowest BCUT2D eigenvalue weighted by molar-refractivity contribution is -0.115. The Bertz CT molecular complexity index is 792. The zero-order valence-electron chi connectivity index (χ0n) is 13.9. The molecule has 25 heavy (non-hydrogen) atoms. The third-order valence-corrected chi connectivity index (χ3v) is 4.61. The van der Waals surface area contributed by atoms with Gasteiger partial charge in [0.2, 0.25) is 18.6 Å². The number of anilines is 2. The Morgan fingerprint density at radius 3 is 2.40 bits per heavy atom. The Morgan fingerprint density at radius 1 is 1.00 bits per heavy atom. The second kappa shape index (κ2) is 7.48. The Balaban J connectivity index is 1.58. The van der Waals surface area contributed by atoms with E-state index in [1.165, 1.54) is 18.7 Å². The number of rotatable bonds is 5. The van der Waals surface area contributed by atoms with Crippen LogP contribution in [0.25, 0.3) is 0 Å². The number of carbonyl (C=O) groups is 2. The van der Waals surface area contributed by atoms with Crippen LogP contribution in [-0.2, 0) is 9.59 Å². The van der Waals surface area contributed by atoms with E-state index >= 15 is 0 Å². The molecule has 6 nitrogen and oxygen atoms in total. The van der Waals surface area contributed by atoms with Crippen LogP contribution in [0.15, 0.2) is 47.4 Å². The summed E-state index contributed by atoms with van der Waals surface area (Å²) in [5.41, 5.74) is 1.40. The summed E-state index contributed by atoms with van der Waals surface area (Å²) in [5, 5.41) is 5.31.